The van der Waals surface area contributed by atoms with Gasteiger partial charge in [-0.25, -0.2) is 4.68 Å². The first kappa shape index (κ1) is 12.3. The minimum Gasteiger partial charge on any atom is -0.378 e. The summed E-state index contributed by atoms with van der Waals surface area (Å²) in [5, 5.41) is 13.4. The second kappa shape index (κ2) is 4.63. The number of benzene rings is 1. The van der Waals surface area contributed by atoms with Crippen LogP contribution in [0.15, 0.2) is 36.5 Å². The van der Waals surface area contributed by atoms with Crippen LogP contribution in [0, 0.1) is 17.8 Å². The monoisotopic (exact) mass is 244 g/mol. The fourth-order valence-corrected chi connectivity index (χ4v) is 1.39. The van der Waals surface area contributed by atoms with E-state index in [4.69, 9.17) is 0 Å². The molecule has 0 aliphatic heterocycles. The predicted molar refractivity (Wildman–Crippen MR) is 66.7 cm³/mol. The largest absolute Gasteiger partial charge is 0.378 e. The number of hydrogen-bond acceptors (Lipinski definition) is 2. The summed E-state index contributed by atoms with van der Waals surface area (Å²) < 4.78 is 15.2. The molecule has 1 heterocycles. The Morgan fingerprint density at radius 2 is 1.94 bits per heavy atom. The first-order valence-corrected chi connectivity index (χ1v) is 5.52. The van der Waals surface area contributed by atoms with Crippen LogP contribution in [0.5, 0.6) is 0 Å². The fraction of sp³-hybridized carbons (Fsp3) is 0.214. The van der Waals surface area contributed by atoms with Crippen LogP contribution in [-0.4, -0.2) is 20.5 Å². The molecular weight excluding hydrogens is 231 g/mol. The van der Waals surface area contributed by atoms with Crippen molar-refractivity contribution in [3.05, 3.63) is 48.0 Å². The van der Waals surface area contributed by atoms with Crippen LogP contribution in [0.3, 0.4) is 0 Å². The van der Waals surface area contributed by atoms with Gasteiger partial charge in [-0.1, -0.05) is 30.0 Å². The van der Waals surface area contributed by atoms with Gasteiger partial charge in [-0.15, -0.1) is 0 Å². The van der Waals surface area contributed by atoms with Crippen molar-refractivity contribution in [1.29, 1.82) is 0 Å². The summed E-state index contributed by atoms with van der Waals surface area (Å²) in [5.74, 6) is 4.61. The predicted octanol–water partition coefficient (Wildman–Crippen LogP) is 2.13. The minimum atomic E-state index is -1.15. The Balaban J connectivity index is 2.38. The van der Waals surface area contributed by atoms with Crippen LogP contribution in [0.2, 0.25) is 0 Å². The maximum absolute atomic E-state index is 14.0. The molecule has 0 amide bonds. The molecule has 0 bridgehead atoms. The molecule has 3 nitrogen and oxygen atoms in total. The smallest absolute Gasteiger partial charge is 0.232 e. The van der Waals surface area contributed by atoms with Gasteiger partial charge in [-0.2, -0.15) is 9.49 Å². The lowest BCUT2D eigenvalue weighted by molar-refractivity contribution is 0.143. The summed E-state index contributed by atoms with van der Waals surface area (Å²) in [6, 6.07) is 8.96. The zero-order chi connectivity index (χ0) is 13.2. The lowest BCUT2D eigenvalue weighted by atomic mass is 10.1. The molecule has 0 aliphatic rings. The summed E-state index contributed by atoms with van der Waals surface area (Å²) in [5.41, 5.74) is -0.353. The number of nitrogens with zero attached hydrogens (tertiary/aromatic N) is 2. The average Bonchev–Trinajstić information content (AvgIpc) is 2.68. The van der Waals surface area contributed by atoms with E-state index in [1.165, 1.54) is 10.9 Å². The molecule has 2 rings (SSSR count). The number of aliphatic hydroxyl groups is 1. The maximum atomic E-state index is 14.0. The number of para-hydroxylation sites is 1. The summed E-state index contributed by atoms with van der Waals surface area (Å²) >= 11 is 0. The first-order chi connectivity index (χ1) is 8.47. The third-order valence-corrected chi connectivity index (χ3v) is 2.21. The van der Waals surface area contributed by atoms with Crippen LogP contribution in [0.25, 0.3) is 5.69 Å². The molecule has 1 aromatic carbocycles. The third-order valence-electron chi connectivity index (χ3n) is 2.21. The summed E-state index contributed by atoms with van der Waals surface area (Å²) in [6.45, 7) is 3.08. The average molecular weight is 244 g/mol. The Morgan fingerprint density at radius 3 is 2.56 bits per heavy atom. The molecule has 1 N–H and O–H groups in total. The topological polar surface area (TPSA) is 38.1 Å². The molecule has 4 heteroatoms. The fourth-order valence-electron chi connectivity index (χ4n) is 1.39. The summed E-state index contributed by atoms with van der Waals surface area (Å²) in [6.07, 6.45) is 1.35. The van der Waals surface area contributed by atoms with Gasteiger partial charge in [0.15, 0.2) is 0 Å². The SMILES string of the molecule is CC(C)(O)C#Cc1cnn(-c2ccccc2)c1F. The number of hydrogen-bond donors (Lipinski definition) is 1. The molecule has 0 atom stereocenters. The van der Waals surface area contributed by atoms with Gasteiger partial charge >= 0.3 is 0 Å². The van der Waals surface area contributed by atoms with E-state index < -0.39 is 11.5 Å². The van der Waals surface area contributed by atoms with Crippen molar-refractivity contribution >= 4 is 0 Å². The highest BCUT2D eigenvalue weighted by atomic mass is 19.1. The molecule has 0 spiro atoms. The van der Waals surface area contributed by atoms with Gasteiger partial charge < -0.3 is 5.11 Å². The van der Waals surface area contributed by atoms with Gasteiger partial charge in [-0.05, 0) is 26.0 Å². The molecule has 0 saturated carbocycles. The quantitative estimate of drug-likeness (QED) is 0.780. The number of rotatable bonds is 1. The van der Waals surface area contributed by atoms with Crippen LogP contribution in [0.1, 0.15) is 19.4 Å². The van der Waals surface area contributed by atoms with Crippen LogP contribution in [0.4, 0.5) is 4.39 Å². The van der Waals surface area contributed by atoms with Gasteiger partial charge in [0.25, 0.3) is 0 Å². The van der Waals surface area contributed by atoms with Crippen molar-refractivity contribution in [2.45, 2.75) is 19.4 Å². The van der Waals surface area contributed by atoms with E-state index in [1.54, 1.807) is 38.1 Å². The Bertz CT molecular complexity index is 600. The van der Waals surface area contributed by atoms with Crippen molar-refractivity contribution < 1.29 is 9.50 Å². The lowest BCUT2D eigenvalue weighted by Crippen LogP contribution is -2.14. The Labute approximate surface area is 105 Å². The standard InChI is InChI=1S/C14H13FN2O/c1-14(2,18)9-8-11-10-16-17(13(11)15)12-6-4-3-5-7-12/h3-7,10,18H,1-2H3. The normalized spacial score (nSPS) is 10.9. The van der Waals surface area contributed by atoms with E-state index in [0.717, 1.165) is 0 Å². The Morgan fingerprint density at radius 1 is 1.28 bits per heavy atom. The highest BCUT2D eigenvalue weighted by Crippen LogP contribution is 2.12. The van der Waals surface area contributed by atoms with Crippen LogP contribution >= 0.6 is 0 Å². The molecule has 1 aromatic heterocycles. The van der Waals surface area contributed by atoms with Crippen molar-refractivity contribution in [3.63, 3.8) is 0 Å². The Kier molecular flexibility index (Phi) is 3.17. The van der Waals surface area contributed by atoms with Gasteiger partial charge in [0.05, 0.1) is 17.4 Å². The summed E-state index contributed by atoms with van der Waals surface area (Å²) in [7, 11) is 0. The zero-order valence-corrected chi connectivity index (χ0v) is 10.2. The highest BCUT2D eigenvalue weighted by Gasteiger charge is 2.11. The molecule has 0 aliphatic carbocycles. The van der Waals surface area contributed by atoms with Crippen LogP contribution in [-0.2, 0) is 0 Å². The molecule has 2 aromatic rings. The van der Waals surface area contributed by atoms with Gasteiger partial charge in [0.2, 0.25) is 5.95 Å². The van der Waals surface area contributed by atoms with Crippen molar-refractivity contribution in [2.24, 2.45) is 0 Å². The zero-order valence-electron chi connectivity index (χ0n) is 10.2. The van der Waals surface area contributed by atoms with Gasteiger partial charge in [0.1, 0.15) is 5.60 Å². The first-order valence-electron chi connectivity index (χ1n) is 5.52. The van der Waals surface area contributed by atoms with E-state index in [9.17, 15) is 9.50 Å². The molecular formula is C14H13FN2O. The third kappa shape index (κ3) is 2.76. The van der Waals surface area contributed by atoms with Crippen molar-refractivity contribution in [2.75, 3.05) is 0 Å². The van der Waals surface area contributed by atoms with E-state index in [-0.39, 0.29) is 5.56 Å². The van der Waals surface area contributed by atoms with Gasteiger partial charge in [0, 0.05) is 0 Å². The second-order valence-corrected chi connectivity index (χ2v) is 4.41. The lowest BCUT2D eigenvalue weighted by Gasteiger charge is -2.05. The molecule has 0 fully saturated rings. The molecule has 18 heavy (non-hydrogen) atoms. The highest BCUT2D eigenvalue weighted by molar-refractivity contribution is 5.38. The summed E-state index contributed by atoms with van der Waals surface area (Å²) in [4.78, 5) is 0. The van der Waals surface area contributed by atoms with Crippen LogP contribution < -0.4 is 0 Å². The minimum absolute atomic E-state index is 0.168. The Hall–Kier alpha value is -2.12. The maximum Gasteiger partial charge on any atom is 0.232 e. The second-order valence-electron chi connectivity index (χ2n) is 4.41. The van der Waals surface area contributed by atoms with E-state index >= 15 is 0 Å². The number of halogens is 1. The van der Waals surface area contributed by atoms with E-state index in [0.29, 0.717) is 5.69 Å². The van der Waals surface area contributed by atoms with E-state index in [1.807, 2.05) is 6.07 Å². The van der Waals surface area contributed by atoms with E-state index in [2.05, 4.69) is 16.9 Å². The molecule has 0 unspecified atom stereocenters. The molecule has 0 saturated heterocycles. The van der Waals surface area contributed by atoms with Gasteiger partial charge in [-0.3, -0.25) is 0 Å². The number of aromatic nitrogens is 2. The molecule has 0 radical (unpaired) electrons. The molecule has 92 valence electrons. The van der Waals surface area contributed by atoms with Crippen molar-refractivity contribution in [3.8, 4) is 17.5 Å². The van der Waals surface area contributed by atoms with Crippen molar-refractivity contribution in [1.82, 2.24) is 9.78 Å².